The zero-order valence-corrected chi connectivity index (χ0v) is 9.79. The van der Waals surface area contributed by atoms with Crippen molar-refractivity contribution in [3.05, 3.63) is 0 Å². The quantitative estimate of drug-likeness (QED) is 0.651. The summed E-state index contributed by atoms with van der Waals surface area (Å²) >= 11 is 0. The molecule has 0 bridgehead atoms. The fourth-order valence-electron chi connectivity index (χ4n) is 2.91. The summed E-state index contributed by atoms with van der Waals surface area (Å²) in [5.41, 5.74) is 0.490. The van der Waals surface area contributed by atoms with Crippen LogP contribution < -0.4 is 0 Å². The second-order valence-corrected chi connectivity index (χ2v) is 5.16. The first-order valence-electron chi connectivity index (χ1n) is 6.00. The lowest BCUT2D eigenvalue weighted by Gasteiger charge is -2.50. The average Bonchev–Trinajstić information content (AvgIpc) is 2.16. The van der Waals surface area contributed by atoms with Crippen molar-refractivity contribution in [1.29, 1.82) is 0 Å². The molecule has 15 heavy (non-hydrogen) atoms. The summed E-state index contributed by atoms with van der Waals surface area (Å²) in [5, 5.41) is 0. The summed E-state index contributed by atoms with van der Waals surface area (Å²) in [6, 6.07) is 0. The molecule has 1 aliphatic heterocycles. The molecule has 0 amide bonds. The lowest BCUT2D eigenvalue weighted by molar-refractivity contribution is -0.158. The third-order valence-corrected chi connectivity index (χ3v) is 4.03. The topological polar surface area (TPSA) is 29.5 Å². The Morgan fingerprint density at radius 2 is 2.00 bits per heavy atom. The molecule has 0 aromatic carbocycles. The molecule has 2 fully saturated rings. The monoisotopic (exact) mass is 211 g/mol. The van der Waals surface area contributed by atoms with Crippen LogP contribution in [0.3, 0.4) is 0 Å². The smallest absolute Gasteiger partial charge is 0.308 e. The zero-order chi connectivity index (χ0) is 10.9. The van der Waals surface area contributed by atoms with E-state index >= 15 is 0 Å². The van der Waals surface area contributed by atoms with E-state index in [2.05, 4.69) is 11.9 Å². The Morgan fingerprint density at radius 1 is 1.40 bits per heavy atom. The molecule has 2 aliphatic rings. The van der Waals surface area contributed by atoms with Gasteiger partial charge in [0, 0.05) is 0 Å². The van der Waals surface area contributed by atoms with Crippen LogP contribution >= 0.6 is 0 Å². The number of esters is 1. The molecular formula is C12H21NO2. The summed E-state index contributed by atoms with van der Waals surface area (Å²) in [6.45, 7) is 4.78. The van der Waals surface area contributed by atoms with Crippen LogP contribution in [0.15, 0.2) is 0 Å². The van der Waals surface area contributed by atoms with E-state index < -0.39 is 0 Å². The Morgan fingerprint density at radius 3 is 2.53 bits per heavy atom. The molecule has 0 aromatic rings. The maximum Gasteiger partial charge on any atom is 0.308 e. The highest BCUT2D eigenvalue weighted by Crippen LogP contribution is 2.52. The number of likely N-dealkylation sites (tertiary alicyclic amines) is 1. The lowest BCUT2D eigenvalue weighted by Crippen LogP contribution is -2.48. The molecule has 0 N–H and O–H groups in total. The standard InChI is InChI=1S/C12H21NO2/c1-3-15-11(14)10-8-12(9-10)4-6-13(2)7-5-12/h10H,3-9H2,1-2H3. The Labute approximate surface area is 91.8 Å². The highest BCUT2D eigenvalue weighted by Gasteiger charge is 2.48. The highest BCUT2D eigenvalue weighted by atomic mass is 16.5. The van der Waals surface area contributed by atoms with Gasteiger partial charge in [0.05, 0.1) is 12.5 Å². The normalized spacial score (nSPS) is 26.3. The van der Waals surface area contributed by atoms with Crippen molar-refractivity contribution in [2.45, 2.75) is 32.6 Å². The van der Waals surface area contributed by atoms with Gasteiger partial charge in [-0.3, -0.25) is 4.79 Å². The Bertz CT molecular complexity index is 236. The molecule has 1 saturated heterocycles. The van der Waals surface area contributed by atoms with Crippen LogP contribution in [-0.4, -0.2) is 37.6 Å². The van der Waals surface area contributed by atoms with E-state index in [4.69, 9.17) is 4.74 Å². The van der Waals surface area contributed by atoms with Crippen LogP contribution in [0.5, 0.6) is 0 Å². The summed E-state index contributed by atoms with van der Waals surface area (Å²) in [7, 11) is 2.17. The first kappa shape index (κ1) is 10.9. The van der Waals surface area contributed by atoms with Gasteiger partial charge in [-0.25, -0.2) is 0 Å². The van der Waals surface area contributed by atoms with E-state index in [1.807, 2.05) is 6.92 Å². The van der Waals surface area contributed by atoms with E-state index in [0.717, 1.165) is 12.8 Å². The average molecular weight is 211 g/mol. The molecule has 0 aromatic heterocycles. The van der Waals surface area contributed by atoms with Crippen LogP contribution in [0.1, 0.15) is 32.6 Å². The number of hydrogen-bond acceptors (Lipinski definition) is 3. The van der Waals surface area contributed by atoms with E-state index in [1.54, 1.807) is 0 Å². The second-order valence-electron chi connectivity index (χ2n) is 5.16. The van der Waals surface area contributed by atoms with Crippen molar-refractivity contribution in [3.63, 3.8) is 0 Å². The van der Waals surface area contributed by atoms with Crippen LogP contribution in [0, 0.1) is 11.3 Å². The van der Waals surface area contributed by atoms with Gasteiger partial charge in [-0.2, -0.15) is 0 Å². The third-order valence-electron chi connectivity index (χ3n) is 4.03. The minimum Gasteiger partial charge on any atom is -0.466 e. The molecular weight excluding hydrogens is 190 g/mol. The number of ether oxygens (including phenoxy) is 1. The predicted molar refractivity (Wildman–Crippen MR) is 58.5 cm³/mol. The van der Waals surface area contributed by atoms with Gasteiger partial charge in [0.15, 0.2) is 0 Å². The molecule has 3 nitrogen and oxygen atoms in total. The van der Waals surface area contributed by atoms with E-state index in [0.29, 0.717) is 12.0 Å². The molecule has 0 atom stereocenters. The molecule has 0 radical (unpaired) electrons. The van der Waals surface area contributed by atoms with Crippen molar-refractivity contribution in [3.8, 4) is 0 Å². The number of carbonyl (C=O) groups is 1. The van der Waals surface area contributed by atoms with Crippen molar-refractivity contribution in [2.75, 3.05) is 26.7 Å². The molecule has 1 spiro atoms. The summed E-state index contributed by atoms with van der Waals surface area (Å²) in [4.78, 5) is 13.9. The highest BCUT2D eigenvalue weighted by molar-refractivity contribution is 5.73. The van der Waals surface area contributed by atoms with E-state index in [-0.39, 0.29) is 11.9 Å². The largest absolute Gasteiger partial charge is 0.466 e. The zero-order valence-electron chi connectivity index (χ0n) is 9.79. The van der Waals surface area contributed by atoms with Crippen LogP contribution in [0.4, 0.5) is 0 Å². The molecule has 3 heteroatoms. The maximum absolute atomic E-state index is 11.5. The SMILES string of the molecule is CCOC(=O)C1CC2(CCN(C)CC2)C1. The van der Waals surface area contributed by atoms with E-state index in [1.165, 1.54) is 25.9 Å². The molecule has 86 valence electrons. The molecule has 1 aliphatic carbocycles. The van der Waals surface area contributed by atoms with Crippen molar-refractivity contribution in [2.24, 2.45) is 11.3 Å². The predicted octanol–water partition coefficient (Wildman–Crippen LogP) is 1.67. The van der Waals surface area contributed by atoms with Crippen molar-refractivity contribution >= 4 is 5.97 Å². The lowest BCUT2D eigenvalue weighted by atomic mass is 9.57. The van der Waals surface area contributed by atoms with Gasteiger partial charge in [-0.05, 0) is 58.2 Å². The van der Waals surface area contributed by atoms with Gasteiger partial charge in [0.1, 0.15) is 0 Å². The fourth-order valence-corrected chi connectivity index (χ4v) is 2.91. The van der Waals surface area contributed by atoms with Crippen LogP contribution in [-0.2, 0) is 9.53 Å². The number of nitrogens with zero attached hydrogens (tertiary/aromatic N) is 1. The number of hydrogen-bond donors (Lipinski definition) is 0. The molecule has 0 unspecified atom stereocenters. The minimum absolute atomic E-state index is 0.0297. The van der Waals surface area contributed by atoms with Crippen molar-refractivity contribution in [1.82, 2.24) is 4.90 Å². The molecule has 1 saturated carbocycles. The summed E-state index contributed by atoms with van der Waals surface area (Å²) in [5.74, 6) is 0.232. The second kappa shape index (κ2) is 4.12. The molecule has 2 rings (SSSR count). The van der Waals surface area contributed by atoms with Crippen molar-refractivity contribution < 1.29 is 9.53 Å². The van der Waals surface area contributed by atoms with Crippen LogP contribution in [0.25, 0.3) is 0 Å². The first-order valence-corrected chi connectivity index (χ1v) is 6.00. The maximum atomic E-state index is 11.5. The van der Waals surface area contributed by atoms with Gasteiger partial charge in [0.25, 0.3) is 0 Å². The Balaban J connectivity index is 1.79. The van der Waals surface area contributed by atoms with Gasteiger partial charge in [0.2, 0.25) is 0 Å². The fraction of sp³-hybridized carbons (Fsp3) is 0.917. The van der Waals surface area contributed by atoms with Gasteiger partial charge < -0.3 is 9.64 Å². The number of carbonyl (C=O) groups excluding carboxylic acids is 1. The van der Waals surface area contributed by atoms with Gasteiger partial charge in [-0.15, -0.1) is 0 Å². The third kappa shape index (κ3) is 2.17. The number of piperidine rings is 1. The number of rotatable bonds is 2. The minimum atomic E-state index is 0.0297. The van der Waals surface area contributed by atoms with Gasteiger partial charge >= 0.3 is 5.97 Å². The Hall–Kier alpha value is -0.570. The summed E-state index contributed by atoms with van der Waals surface area (Å²) in [6.07, 6.45) is 4.66. The Kier molecular flexibility index (Phi) is 3.01. The van der Waals surface area contributed by atoms with E-state index in [9.17, 15) is 4.79 Å². The first-order chi connectivity index (χ1) is 7.15. The van der Waals surface area contributed by atoms with Crippen LogP contribution in [0.2, 0.25) is 0 Å². The molecule has 1 heterocycles. The van der Waals surface area contributed by atoms with Gasteiger partial charge in [-0.1, -0.05) is 0 Å². The summed E-state index contributed by atoms with van der Waals surface area (Å²) < 4.78 is 5.05.